The van der Waals surface area contributed by atoms with Crippen molar-refractivity contribution in [3.63, 3.8) is 0 Å². The first-order valence-electron chi connectivity index (χ1n) is 10.5. The van der Waals surface area contributed by atoms with Gasteiger partial charge in [-0.15, -0.1) is 0 Å². The van der Waals surface area contributed by atoms with Crippen LogP contribution in [0.25, 0.3) is 0 Å². The molecule has 2 atom stereocenters. The molecule has 0 aromatic heterocycles. The monoisotopic (exact) mass is 412 g/mol. The fraction of sp³-hybridized carbons (Fsp3) is 0.682. The fourth-order valence-corrected chi connectivity index (χ4v) is 4.44. The second kappa shape index (κ2) is 9.37. The first-order chi connectivity index (χ1) is 13.7. The minimum absolute atomic E-state index is 0.0595. The zero-order valence-electron chi connectivity index (χ0n) is 17.3. The summed E-state index contributed by atoms with van der Waals surface area (Å²) in [6.07, 6.45) is -1.53. The molecule has 3 rings (SSSR count). The van der Waals surface area contributed by atoms with E-state index in [-0.39, 0.29) is 23.5 Å². The second-order valence-electron chi connectivity index (χ2n) is 8.78. The quantitative estimate of drug-likeness (QED) is 0.698. The molecule has 1 aromatic carbocycles. The standard InChI is InChI=1S/C22H31F3N2O2/c1-16(2)12-26-13-17(10-18(14-26)21(28)27-8-3-4-9-27)15-29-20-7-5-6-19(11-20)22(23,24)25/h5-7,11,16-18H,3-4,8-10,12-15H2,1-2H3/t17-,18+/m0/s1. The van der Waals surface area contributed by atoms with Crippen LogP contribution in [0, 0.1) is 17.8 Å². The Morgan fingerprint density at radius 1 is 1.21 bits per heavy atom. The Morgan fingerprint density at radius 2 is 1.93 bits per heavy atom. The number of nitrogens with zero attached hydrogens (tertiary/aromatic N) is 2. The Labute approximate surface area is 171 Å². The summed E-state index contributed by atoms with van der Waals surface area (Å²) in [4.78, 5) is 17.2. The maximum Gasteiger partial charge on any atom is 0.416 e. The van der Waals surface area contributed by atoms with Crippen LogP contribution in [0.1, 0.15) is 38.7 Å². The highest BCUT2D eigenvalue weighted by Crippen LogP contribution is 2.32. The molecule has 4 nitrogen and oxygen atoms in total. The predicted molar refractivity (Wildman–Crippen MR) is 106 cm³/mol. The number of likely N-dealkylation sites (tertiary alicyclic amines) is 2. The lowest BCUT2D eigenvalue weighted by molar-refractivity contribution is -0.138. The van der Waals surface area contributed by atoms with Crippen molar-refractivity contribution >= 4 is 5.91 Å². The minimum Gasteiger partial charge on any atom is -0.493 e. The molecule has 0 N–H and O–H groups in total. The van der Waals surface area contributed by atoms with Crippen LogP contribution < -0.4 is 4.74 Å². The van der Waals surface area contributed by atoms with Crippen molar-refractivity contribution in [1.82, 2.24) is 9.80 Å². The number of rotatable bonds is 6. The number of carbonyl (C=O) groups excluding carboxylic acids is 1. The van der Waals surface area contributed by atoms with E-state index < -0.39 is 11.7 Å². The number of carbonyl (C=O) groups is 1. The Bertz CT molecular complexity index is 687. The average Bonchev–Trinajstić information content (AvgIpc) is 3.19. The maximum absolute atomic E-state index is 12.9. The molecular weight excluding hydrogens is 381 g/mol. The molecule has 0 bridgehead atoms. The molecule has 0 spiro atoms. The van der Waals surface area contributed by atoms with E-state index in [4.69, 9.17) is 4.74 Å². The van der Waals surface area contributed by atoms with Gasteiger partial charge in [-0.3, -0.25) is 4.79 Å². The lowest BCUT2D eigenvalue weighted by Crippen LogP contribution is -2.49. The van der Waals surface area contributed by atoms with E-state index in [9.17, 15) is 18.0 Å². The summed E-state index contributed by atoms with van der Waals surface area (Å²) < 4.78 is 44.5. The molecule has 1 amide bonds. The van der Waals surface area contributed by atoms with Crippen LogP contribution in [0.4, 0.5) is 13.2 Å². The largest absolute Gasteiger partial charge is 0.493 e. The summed E-state index contributed by atoms with van der Waals surface area (Å²) >= 11 is 0. The number of halogens is 3. The lowest BCUT2D eigenvalue weighted by Gasteiger charge is -2.39. The number of piperidine rings is 1. The minimum atomic E-state index is -4.38. The van der Waals surface area contributed by atoms with E-state index in [1.54, 1.807) is 6.07 Å². The van der Waals surface area contributed by atoms with Crippen molar-refractivity contribution < 1.29 is 22.7 Å². The summed E-state index contributed by atoms with van der Waals surface area (Å²) in [5, 5.41) is 0. The van der Waals surface area contributed by atoms with Gasteiger partial charge in [0.25, 0.3) is 0 Å². The molecule has 2 aliphatic heterocycles. The molecule has 0 unspecified atom stereocenters. The van der Waals surface area contributed by atoms with Crippen molar-refractivity contribution in [2.75, 3.05) is 39.3 Å². The van der Waals surface area contributed by atoms with Crippen LogP contribution in [0.3, 0.4) is 0 Å². The van der Waals surface area contributed by atoms with Crippen molar-refractivity contribution in [1.29, 1.82) is 0 Å². The molecule has 162 valence electrons. The molecule has 1 aromatic rings. The Kier molecular flexibility index (Phi) is 7.09. The van der Waals surface area contributed by atoms with E-state index in [2.05, 4.69) is 18.7 Å². The molecular formula is C22H31F3N2O2. The normalized spacial score (nSPS) is 23.6. The number of benzene rings is 1. The number of hydrogen-bond acceptors (Lipinski definition) is 3. The second-order valence-corrected chi connectivity index (χ2v) is 8.78. The third kappa shape index (κ3) is 6.11. The molecule has 0 saturated carbocycles. The fourth-order valence-electron chi connectivity index (χ4n) is 4.44. The van der Waals surface area contributed by atoms with E-state index >= 15 is 0 Å². The number of ether oxygens (including phenoxy) is 1. The highest BCUT2D eigenvalue weighted by Gasteiger charge is 2.35. The van der Waals surface area contributed by atoms with Gasteiger partial charge >= 0.3 is 6.18 Å². The third-order valence-corrected chi connectivity index (χ3v) is 5.65. The maximum atomic E-state index is 12.9. The topological polar surface area (TPSA) is 32.8 Å². The highest BCUT2D eigenvalue weighted by atomic mass is 19.4. The van der Waals surface area contributed by atoms with Gasteiger partial charge in [-0.2, -0.15) is 13.2 Å². The summed E-state index contributed by atoms with van der Waals surface area (Å²) in [6, 6.07) is 5.00. The molecule has 0 radical (unpaired) electrons. The van der Waals surface area contributed by atoms with Gasteiger partial charge in [0.05, 0.1) is 18.1 Å². The van der Waals surface area contributed by atoms with E-state index in [0.29, 0.717) is 12.5 Å². The molecule has 2 fully saturated rings. The molecule has 7 heteroatoms. The lowest BCUT2D eigenvalue weighted by atomic mass is 9.88. The van der Waals surface area contributed by atoms with E-state index in [1.165, 1.54) is 6.07 Å². The van der Waals surface area contributed by atoms with Gasteiger partial charge in [-0.1, -0.05) is 19.9 Å². The molecule has 2 heterocycles. The van der Waals surface area contributed by atoms with Crippen molar-refractivity contribution in [2.45, 2.75) is 39.3 Å². The number of hydrogen-bond donors (Lipinski definition) is 0. The van der Waals surface area contributed by atoms with Crippen LogP contribution in [0.15, 0.2) is 24.3 Å². The van der Waals surface area contributed by atoms with Gasteiger partial charge in [0.1, 0.15) is 5.75 Å². The summed E-state index contributed by atoms with van der Waals surface area (Å²) in [5.74, 6) is 0.994. The van der Waals surface area contributed by atoms with Crippen LogP contribution in [-0.2, 0) is 11.0 Å². The number of alkyl halides is 3. The Hall–Kier alpha value is -1.76. The van der Waals surface area contributed by atoms with Gasteiger partial charge < -0.3 is 14.5 Å². The zero-order chi connectivity index (χ0) is 21.0. The van der Waals surface area contributed by atoms with Gasteiger partial charge in [0.15, 0.2) is 0 Å². The van der Waals surface area contributed by atoms with Crippen molar-refractivity contribution in [3.05, 3.63) is 29.8 Å². The van der Waals surface area contributed by atoms with Gasteiger partial charge in [0.2, 0.25) is 5.91 Å². The van der Waals surface area contributed by atoms with Crippen molar-refractivity contribution in [2.24, 2.45) is 17.8 Å². The first kappa shape index (κ1) is 21.9. The highest BCUT2D eigenvalue weighted by molar-refractivity contribution is 5.79. The molecule has 2 saturated heterocycles. The molecule has 29 heavy (non-hydrogen) atoms. The van der Waals surface area contributed by atoms with E-state index in [1.807, 2.05) is 4.90 Å². The smallest absolute Gasteiger partial charge is 0.416 e. The van der Waals surface area contributed by atoms with Gasteiger partial charge in [0, 0.05) is 38.6 Å². The van der Waals surface area contributed by atoms with Crippen molar-refractivity contribution in [3.8, 4) is 5.75 Å². The van der Waals surface area contributed by atoms with Gasteiger partial charge in [-0.05, 0) is 43.4 Å². The Balaban J connectivity index is 1.64. The van der Waals surface area contributed by atoms with Gasteiger partial charge in [-0.25, -0.2) is 0 Å². The average molecular weight is 412 g/mol. The van der Waals surface area contributed by atoms with Crippen LogP contribution in [-0.4, -0.2) is 55.0 Å². The van der Waals surface area contributed by atoms with Crippen LogP contribution in [0.5, 0.6) is 5.75 Å². The summed E-state index contributed by atoms with van der Waals surface area (Å²) in [5.41, 5.74) is -0.706. The third-order valence-electron chi connectivity index (χ3n) is 5.65. The first-order valence-corrected chi connectivity index (χ1v) is 10.5. The predicted octanol–water partition coefficient (Wildman–Crippen LogP) is 4.30. The zero-order valence-corrected chi connectivity index (χ0v) is 17.3. The summed E-state index contributed by atoms with van der Waals surface area (Å²) in [7, 11) is 0. The van der Waals surface area contributed by atoms with E-state index in [0.717, 1.165) is 64.1 Å². The molecule has 0 aliphatic carbocycles. The molecule has 2 aliphatic rings. The van der Waals surface area contributed by atoms with Crippen LogP contribution in [0.2, 0.25) is 0 Å². The number of amides is 1. The SMILES string of the molecule is CC(C)CN1C[C@@H](COc2cccc(C(F)(F)F)c2)C[C@@H](C(=O)N2CCCC2)C1. The summed E-state index contributed by atoms with van der Waals surface area (Å²) in [6.45, 7) is 8.77. The van der Waals surface area contributed by atoms with Crippen LogP contribution >= 0.6 is 0 Å². The Morgan fingerprint density at radius 3 is 2.59 bits per heavy atom.